The number of pyridine rings is 2. The molecule has 8 heteroatoms. The van der Waals surface area contributed by atoms with Crippen molar-refractivity contribution in [2.45, 2.75) is 52.1 Å². The maximum absolute atomic E-state index is 11.8. The molecule has 2 aromatic heterocycles. The van der Waals surface area contributed by atoms with E-state index in [0.717, 1.165) is 86.4 Å². The van der Waals surface area contributed by atoms with Crippen LogP contribution in [0.2, 0.25) is 0 Å². The van der Waals surface area contributed by atoms with Crippen molar-refractivity contribution in [3.8, 4) is 11.1 Å². The van der Waals surface area contributed by atoms with Gasteiger partial charge in [0, 0.05) is 49.6 Å². The number of anilines is 2. The van der Waals surface area contributed by atoms with Gasteiger partial charge in [-0.25, -0.2) is 4.98 Å². The predicted octanol–water partition coefficient (Wildman–Crippen LogP) is 6.83. The van der Waals surface area contributed by atoms with Gasteiger partial charge in [0.15, 0.2) is 5.82 Å². The van der Waals surface area contributed by atoms with E-state index in [0.29, 0.717) is 18.8 Å². The average Bonchev–Trinajstić information content (AvgIpc) is 3.05. The van der Waals surface area contributed by atoms with Gasteiger partial charge in [-0.1, -0.05) is 48.9 Å². The Hall–Kier alpha value is -4.11. The third-order valence-electron chi connectivity index (χ3n) is 9.21. The summed E-state index contributed by atoms with van der Waals surface area (Å²) in [6.07, 6.45) is 11.9. The average molecular weight is 606 g/mol. The normalized spacial score (nSPS) is 18.0. The van der Waals surface area contributed by atoms with Crippen molar-refractivity contribution in [1.29, 1.82) is 0 Å². The van der Waals surface area contributed by atoms with Crippen molar-refractivity contribution in [3.63, 3.8) is 0 Å². The number of hydrogen-bond donors (Lipinski definition) is 2. The lowest BCUT2D eigenvalue weighted by Crippen LogP contribution is -2.44. The number of carboxylic acid groups (broad SMARTS) is 1. The number of hydrogen-bond acceptors (Lipinski definition) is 7. The van der Waals surface area contributed by atoms with E-state index in [1.54, 1.807) is 6.20 Å². The number of rotatable bonds is 10. The van der Waals surface area contributed by atoms with Gasteiger partial charge in [-0.3, -0.25) is 19.6 Å². The Morgan fingerprint density at radius 2 is 1.82 bits per heavy atom. The highest BCUT2D eigenvalue weighted by Gasteiger charge is 2.28. The van der Waals surface area contributed by atoms with Crippen molar-refractivity contribution in [2.24, 2.45) is 0 Å². The quantitative estimate of drug-likeness (QED) is 0.203. The van der Waals surface area contributed by atoms with Crippen molar-refractivity contribution < 1.29 is 14.6 Å². The smallest absolute Gasteiger partial charge is 0.320 e. The van der Waals surface area contributed by atoms with Crippen LogP contribution in [0.1, 0.15) is 47.9 Å². The van der Waals surface area contributed by atoms with Gasteiger partial charge in [-0.15, -0.1) is 0 Å². The summed E-state index contributed by atoms with van der Waals surface area (Å²) in [6, 6.07) is 16.5. The van der Waals surface area contributed by atoms with Crippen LogP contribution in [0.4, 0.5) is 11.5 Å². The van der Waals surface area contributed by atoms with E-state index in [9.17, 15) is 9.90 Å². The number of carbonyl (C=O) groups is 1. The molecule has 4 aromatic rings. The lowest BCUT2D eigenvalue weighted by atomic mass is 9.92. The molecule has 4 heterocycles. The SMILES string of the molecule is Cc1c(/C=C/CCN2CCOCC2)cccc1-c1cccc(Nc2nccc3cc(CN4CCCCC4C(=O)O)cnc23)c1C. The second kappa shape index (κ2) is 14.3. The Morgan fingerprint density at radius 1 is 1.02 bits per heavy atom. The summed E-state index contributed by atoms with van der Waals surface area (Å²) in [5.41, 5.74) is 8.84. The first kappa shape index (κ1) is 30.9. The lowest BCUT2D eigenvalue weighted by molar-refractivity contribution is -0.144. The Balaban J connectivity index is 1.19. The van der Waals surface area contributed by atoms with E-state index in [2.05, 4.69) is 88.6 Å². The van der Waals surface area contributed by atoms with Gasteiger partial charge in [-0.2, -0.15) is 0 Å². The van der Waals surface area contributed by atoms with Crippen molar-refractivity contribution in [2.75, 3.05) is 44.7 Å². The first-order chi connectivity index (χ1) is 22.0. The number of aliphatic carboxylic acids is 1. The highest BCUT2D eigenvalue weighted by Crippen LogP contribution is 2.34. The van der Waals surface area contributed by atoms with Crippen LogP contribution in [-0.4, -0.2) is 76.3 Å². The number of carboxylic acids is 1. The summed E-state index contributed by atoms with van der Waals surface area (Å²) in [4.78, 5) is 25.8. The molecule has 0 amide bonds. The molecule has 0 saturated carbocycles. The molecule has 0 aliphatic carbocycles. The molecule has 8 nitrogen and oxygen atoms in total. The molecule has 0 bridgehead atoms. The van der Waals surface area contributed by atoms with Gasteiger partial charge in [0.05, 0.1) is 13.2 Å². The van der Waals surface area contributed by atoms with Gasteiger partial charge < -0.3 is 15.2 Å². The summed E-state index contributed by atoms with van der Waals surface area (Å²) >= 11 is 0. The summed E-state index contributed by atoms with van der Waals surface area (Å²) < 4.78 is 5.47. The molecule has 2 aliphatic rings. The van der Waals surface area contributed by atoms with Crippen LogP contribution in [0.25, 0.3) is 28.1 Å². The molecular formula is C37H43N5O3. The monoisotopic (exact) mass is 605 g/mol. The zero-order valence-corrected chi connectivity index (χ0v) is 26.3. The van der Waals surface area contributed by atoms with E-state index in [1.807, 2.05) is 12.3 Å². The zero-order chi connectivity index (χ0) is 31.2. The third kappa shape index (κ3) is 7.25. The molecule has 2 aromatic carbocycles. The zero-order valence-electron chi connectivity index (χ0n) is 26.3. The standard InChI is InChI=1S/C37H43N5O3/c1-26-29(9-3-5-17-41-19-21-45-22-20-41)10-7-11-31(26)32-12-8-13-33(27(32)2)40-36-35-30(15-16-38-36)23-28(24-39-35)25-42-18-6-4-14-34(42)37(43)44/h3,7-13,15-16,23-24,34H,4-6,14,17-22,25H2,1-2H3,(H,38,40)(H,43,44)/b9-3+. The molecule has 2 N–H and O–H groups in total. The predicted molar refractivity (Wildman–Crippen MR) is 181 cm³/mol. The van der Waals surface area contributed by atoms with Crippen molar-refractivity contribution in [1.82, 2.24) is 19.8 Å². The second-order valence-electron chi connectivity index (χ2n) is 12.2. The molecule has 6 rings (SSSR count). The lowest BCUT2D eigenvalue weighted by Gasteiger charge is -2.32. The fraction of sp³-hybridized carbons (Fsp3) is 0.378. The maximum Gasteiger partial charge on any atom is 0.320 e. The number of ether oxygens (including phenoxy) is 1. The highest BCUT2D eigenvalue weighted by atomic mass is 16.5. The van der Waals surface area contributed by atoms with Gasteiger partial charge in [0.25, 0.3) is 0 Å². The molecule has 45 heavy (non-hydrogen) atoms. The molecule has 1 unspecified atom stereocenters. The summed E-state index contributed by atoms with van der Waals surface area (Å²) in [5.74, 6) is -0.0380. The molecule has 234 valence electrons. The van der Waals surface area contributed by atoms with E-state index in [4.69, 9.17) is 9.72 Å². The van der Waals surface area contributed by atoms with Gasteiger partial charge in [0.2, 0.25) is 0 Å². The van der Waals surface area contributed by atoms with Crippen LogP contribution < -0.4 is 5.32 Å². The van der Waals surface area contributed by atoms with Crippen molar-refractivity contribution in [3.05, 3.63) is 89.3 Å². The highest BCUT2D eigenvalue weighted by molar-refractivity contribution is 5.91. The van der Waals surface area contributed by atoms with Crippen LogP contribution in [0, 0.1) is 13.8 Å². The van der Waals surface area contributed by atoms with Crippen LogP contribution in [0.5, 0.6) is 0 Å². The molecule has 0 spiro atoms. The molecule has 2 fully saturated rings. The van der Waals surface area contributed by atoms with Crippen molar-refractivity contribution >= 4 is 34.5 Å². The Kier molecular flexibility index (Phi) is 9.84. The van der Waals surface area contributed by atoms with Crippen LogP contribution in [0.3, 0.4) is 0 Å². The van der Waals surface area contributed by atoms with Gasteiger partial charge in [-0.05, 0) is 91.2 Å². The number of likely N-dealkylation sites (tertiary alicyclic amines) is 1. The second-order valence-corrected chi connectivity index (χ2v) is 12.2. The molecule has 2 saturated heterocycles. The minimum atomic E-state index is -0.741. The Bertz CT molecular complexity index is 1680. The summed E-state index contributed by atoms with van der Waals surface area (Å²) in [5, 5.41) is 14.2. The van der Waals surface area contributed by atoms with E-state index in [1.165, 1.54) is 22.3 Å². The minimum absolute atomic E-state index is 0.430. The molecular weight excluding hydrogens is 562 g/mol. The van der Waals surface area contributed by atoms with E-state index >= 15 is 0 Å². The number of nitrogens with one attached hydrogen (secondary N) is 1. The largest absolute Gasteiger partial charge is 0.480 e. The van der Waals surface area contributed by atoms with Crippen LogP contribution in [-0.2, 0) is 16.1 Å². The number of morpholine rings is 1. The van der Waals surface area contributed by atoms with E-state index < -0.39 is 12.0 Å². The summed E-state index contributed by atoms with van der Waals surface area (Å²) in [7, 11) is 0. The number of piperidine rings is 1. The first-order valence-corrected chi connectivity index (χ1v) is 16.1. The summed E-state index contributed by atoms with van der Waals surface area (Å²) in [6.45, 7) is 10.5. The maximum atomic E-state index is 11.8. The number of aromatic nitrogens is 2. The van der Waals surface area contributed by atoms with Crippen LogP contribution >= 0.6 is 0 Å². The fourth-order valence-electron chi connectivity index (χ4n) is 6.59. The Labute approximate surface area is 265 Å². The van der Waals surface area contributed by atoms with Gasteiger partial charge in [0.1, 0.15) is 11.6 Å². The number of fused-ring (bicyclic) bond motifs is 1. The molecule has 0 radical (unpaired) electrons. The Morgan fingerprint density at radius 3 is 2.64 bits per heavy atom. The minimum Gasteiger partial charge on any atom is -0.480 e. The third-order valence-corrected chi connectivity index (χ3v) is 9.21. The fourth-order valence-corrected chi connectivity index (χ4v) is 6.59. The molecule has 2 aliphatic heterocycles. The van der Waals surface area contributed by atoms with Crippen LogP contribution in [0.15, 0.2) is 67.0 Å². The number of benzene rings is 2. The topological polar surface area (TPSA) is 90.8 Å². The first-order valence-electron chi connectivity index (χ1n) is 16.1. The van der Waals surface area contributed by atoms with E-state index in [-0.39, 0.29) is 0 Å². The molecule has 1 atom stereocenters. The number of nitrogens with zero attached hydrogens (tertiary/aromatic N) is 4. The van der Waals surface area contributed by atoms with Gasteiger partial charge >= 0.3 is 5.97 Å².